The second kappa shape index (κ2) is 5.04. The Labute approximate surface area is 130 Å². The lowest BCUT2D eigenvalue weighted by Crippen LogP contribution is -2.45. The maximum atomic E-state index is 3.89. The van der Waals surface area contributed by atoms with Crippen molar-refractivity contribution in [1.82, 2.24) is 0 Å². The van der Waals surface area contributed by atoms with Crippen LogP contribution in [0.5, 0.6) is 0 Å². The maximum Gasteiger partial charge on any atom is 0.0368 e. The minimum atomic E-state index is 0.419. The molecular weight excluding hydrogens is 254 g/mol. The molecule has 2 aliphatic carbocycles. The fourth-order valence-corrected chi connectivity index (χ4v) is 4.97. The monoisotopic (exact) mass is 285 g/mol. The van der Waals surface area contributed by atoms with Gasteiger partial charge in [-0.2, -0.15) is 0 Å². The van der Waals surface area contributed by atoms with Crippen LogP contribution in [-0.2, 0) is 0 Å². The van der Waals surface area contributed by atoms with Crippen molar-refractivity contribution in [2.75, 3.05) is 5.32 Å². The molecule has 1 N–H and O–H groups in total. The van der Waals surface area contributed by atoms with Gasteiger partial charge in [0.2, 0.25) is 0 Å². The standard InChI is InChI=1S/C20H31N/c1-6-14(2)15-7-9-17(10-8-15)21-18-19(3,4)16-11-12-20(18,5)13-16/h7-10,14,16,18,21H,6,11-13H2,1-5H3. The van der Waals surface area contributed by atoms with Gasteiger partial charge < -0.3 is 5.32 Å². The highest BCUT2D eigenvalue weighted by molar-refractivity contribution is 5.47. The predicted molar refractivity (Wildman–Crippen MR) is 91.8 cm³/mol. The highest BCUT2D eigenvalue weighted by Gasteiger charge is 2.59. The van der Waals surface area contributed by atoms with E-state index in [1.807, 2.05) is 0 Å². The molecule has 2 fully saturated rings. The van der Waals surface area contributed by atoms with E-state index in [1.54, 1.807) is 0 Å². The normalized spacial score (nSPS) is 34.9. The summed E-state index contributed by atoms with van der Waals surface area (Å²) >= 11 is 0. The predicted octanol–water partition coefficient (Wildman–Crippen LogP) is 5.83. The van der Waals surface area contributed by atoms with Crippen molar-refractivity contribution in [2.45, 2.75) is 72.3 Å². The fourth-order valence-electron chi connectivity index (χ4n) is 4.97. The van der Waals surface area contributed by atoms with Crippen LogP contribution in [0.3, 0.4) is 0 Å². The zero-order chi connectivity index (χ0) is 15.3. The van der Waals surface area contributed by atoms with Crippen LogP contribution in [0.25, 0.3) is 0 Å². The Kier molecular flexibility index (Phi) is 3.58. The number of hydrogen-bond donors (Lipinski definition) is 1. The molecule has 21 heavy (non-hydrogen) atoms. The van der Waals surface area contributed by atoms with E-state index in [0.717, 1.165) is 5.92 Å². The Hall–Kier alpha value is -0.980. The summed E-state index contributed by atoms with van der Waals surface area (Å²) in [4.78, 5) is 0. The molecule has 0 aromatic heterocycles. The molecule has 0 radical (unpaired) electrons. The van der Waals surface area contributed by atoms with E-state index >= 15 is 0 Å². The van der Waals surface area contributed by atoms with E-state index in [2.05, 4.69) is 64.2 Å². The number of fused-ring (bicyclic) bond motifs is 2. The lowest BCUT2D eigenvalue weighted by molar-refractivity contribution is 0.155. The number of rotatable bonds is 4. The third-order valence-corrected chi connectivity index (χ3v) is 6.67. The molecule has 0 heterocycles. The lowest BCUT2D eigenvalue weighted by atomic mass is 9.68. The molecule has 2 saturated carbocycles. The van der Waals surface area contributed by atoms with E-state index in [0.29, 0.717) is 22.8 Å². The second-order valence-corrected chi connectivity index (χ2v) is 8.42. The van der Waals surface area contributed by atoms with Crippen molar-refractivity contribution in [3.63, 3.8) is 0 Å². The summed E-state index contributed by atoms with van der Waals surface area (Å²) in [5.74, 6) is 1.56. The molecule has 0 amide bonds. The molecule has 3 rings (SSSR count). The van der Waals surface area contributed by atoms with Crippen molar-refractivity contribution in [1.29, 1.82) is 0 Å². The van der Waals surface area contributed by atoms with Gasteiger partial charge in [0, 0.05) is 11.7 Å². The van der Waals surface area contributed by atoms with Gasteiger partial charge in [0.15, 0.2) is 0 Å². The Morgan fingerprint density at radius 3 is 2.38 bits per heavy atom. The number of nitrogens with one attached hydrogen (secondary N) is 1. The molecule has 4 atom stereocenters. The minimum Gasteiger partial charge on any atom is -0.381 e. The highest BCUT2D eigenvalue weighted by atomic mass is 15.0. The maximum absolute atomic E-state index is 3.89. The van der Waals surface area contributed by atoms with Gasteiger partial charge in [-0.3, -0.25) is 0 Å². The molecule has 1 aromatic carbocycles. The molecule has 2 aliphatic rings. The van der Waals surface area contributed by atoms with Crippen molar-refractivity contribution in [3.05, 3.63) is 29.8 Å². The molecule has 0 spiro atoms. The van der Waals surface area contributed by atoms with Crippen LogP contribution in [0.15, 0.2) is 24.3 Å². The average molecular weight is 285 g/mol. The van der Waals surface area contributed by atoms with Crippen LogP contribution in [0.4, 0.5) is 5.69 Å². The minimum absolute atomic E-state index is 0.419. The fraction of sp³-hybridized carbons (Fsp3) is 0.700. The van der Waals surface area contributed by atoms with Gasteiger partial charge in [-0.05, 0) is 66.0 Å². The van der Waals surface area contributed by atoms with Crippen LogP contribution in [0.2, 0.25) is 0 Å². The molecular formula is C20H31N. The zero-order valence-electron chi connectivity index (χ0n) is 14.4. The summed E-state index contributed by atoms with van der Waals surface area (Å²) in [6.07, 6.45) is 5.43. The second-order valence-electron chi connectivity index (χ2n) is 8.42. The van der Waals surface area contributed by atoms with E-state index < -0.39 is 0 Å². The SMILES string of the molecule is CCC(C)c1ccc(NC2C3(C)CCC(C3)C2(C)C)cc1. The Bertz CT molecular complexity index is 496. The number of benzene rings is 1. The van der Waals surface area contributed by atoms with E-state index in [-0.39, 0.29) is 0 Å². The third kappa shape index (κ3) is 2.39. The Balaban J connectivity index is 1.77. The first-order valence-corrected chi connectivity index (χ1v) is 8.73. The van der Waals surface area contributed by atoms with Crippen molar-refractivity contribution in [3.8, 4) is 0 Å². The Morgan fingerprint density at radius 2 is 1.86 bits per heavy atom. The van der Waals surface area contributed by atoms with Gasteiger partial charge >= 0.3 is 0 Å². The summed E-state index contributed by atoms with van der Waals surface area (Å²) in [5, 5.41) is 3.89. The molecule has 116 valence electrons. The van der Waals surface area contributed by atoms with Gasteiger partial charge in [0.1, 0.15) is 0 Å². The summed E-state index contributed by atoms with van der Waals surface area (Å²) in [6, 6.07) is 9.79. The van der Waals surface area contributed by atoms with Gasteiger partial charge in [0.05, 0.1) is 0 Å². The van der Waals surface area contributed by atoms with Crippen molar-refractivity contribution >= 4 is 5.69 Å². The molecule has 0 aliphatic heterocycles. The quantitative estimate of drug-likeness (QED) is 0.734. The molecule has 1 nitrogen and oxygen atoms in total. The third-order valence-electron chi connectivity index (χ3n) is 6.67. The smallest absolute Gasteiger partial charge is 0.0368 e. The van der Waals surface area contributed by atoms with Crippen LogP contribution >= 0.6 is 0 Å². The van der Waals surface area contributed by atoms with Crippen LogP contribution in [0.1, 0.15) is 71.8 Å². The van der Waals surface area contributed by atoms with Gasteiger partial charge in [-0.15, -0.1) is 0 Å². The summed E-state index contributed by atoms with van der Waals surface area (Å²) in [6.45, 7) is 12.0. The number of anilines is 1. The van der Waals surface area contributed by atoms with Crippen LogP contribution < -0.4 is 5.32 Å². The molecule has 0 saturated heterocycles. The molecule has 2 bridgehead atoms. The largest absolute Gasteiger partial charge is 0.381 e. The first-order chi connectivity index (χ1) is 9.87. The van der Waals surface area contributed by atoms with E-state index in [4.69, 9.17) is 0 Å². The van der Waals surface area contributed by atoms with Crippen LogP contribution in [-0.4, -0.2) is 6.04 Å². The summed E-state index contributed by atoms with van der Waals surface area (Å²) in [7, 11) is 0. The first kappa shape index (κ1) is 14.9. The summed E-state index contributed by atoms with van der Waals surface area (Å²) < 4.78 is 0. The highest BCUT2D eigenvalue weighted by Crippen LogP contribution is 2.63. The molecule has 1 heteroatoms. The molecule has 4 unspecified atom stereocenters. The van der Waals surface area contributed by atoms with Crippen molar-refractivity contribution in [2.24, 2.45) is 16.7 Å². The first-order valence-electron chi connectivity index (χ1n) is 8.73. The number of hydrogen-bond acceptors (Lipinski definition) is 1. The van der Waals surface area contributed by atoms with Gasteiger partial charge in [-0.25, -0.2) is 0 Å². The topological polar surface area (TPSA) is 12.0 Å². The lowest BCUT2D eigenvalue weighted by Gasteiger charge is -2.43. The van der Waals surface area contributed by atoms with Gasteiger partial charge in [0.25, 0.3) is 0 Å². The molecule has 1 aromatic rings. The Morgan fingerprint density at radius 1 is 1.19 bits per heavy atom. The summed E-state index contributed by atoms with van der Waals surface area (Å²) in [5.41, 5.74) is 3.67. The average Bonchev–Trinajstić information content (AvgIpc) is 2.94. The van der Waals surface area contributed by atoms with E-state index in [1.165, 1.54) is 36.9 Å². The van der Waals surface area contributed by atoms with Crippen molar-refractivity contribution < 1.29 is 0 Å². The van der Waals surface area contributed by atoms with E-state index in [9.17, 15) is 0 Å². The van der Waals surface area contributed by atoms with Gasteiger partial charge in [-0.1, -0.05) is 46.8 Å². The van der Waals surface area contributed by atoms with Crippen LogP contribution in [0, 0.1) is 16.7 Å². The zero-order valence-corrected chi connectivity index (χ0v) is 14.4.